The van der Waals surface area contributed by atoms with Crippen LogP contribution in [0.4, 0.5) is 11.4 Å². The molecule has 0 unspecified atom stereocenters. The molecule has 1 aromatic carbocycles. The number of aliphatic hydroxyl groups is 1. The summed E-state index contributed by atoms with van der Waals surface area (Å²) in [7, 11) is 1.93. The monoisotopic (exact) mass is 420 g/mol. The molecular formula is C23H28N6O2. The maximum Gasteiger partial charge on any atom is 0.274 e. The van der Waals surface area contributed by atoms with Gasteiger partial charge in [0.1, 0.15) is 17.8 Å². The van der Waals surface area contributed by atoms with Crippen LogP contribution in [0.1, 0.15) is 54.0 Å². The Hall–Kier alpha value is -3.26. The van der Waals surface area contributed by atoms with Crippen molar-refractivity contribution in [3.05, 3.63) is 66.0 Å². The van der Waals surface area contributed by atoms with Crippen LogP contribution in [0.5, 0.6) is 0 Å². The molecule has 162 valence electrons. The van der Waals surface area contributed by atoms with Crippen molar-refractivity contribution in [1.29, 1.82) is 0 Å². The molecule has 1 aliphatic rings. The van der Waals surface area contributed by atoms with Gasteiger partial charge in [-0.05, 0) is 55.0 Å². The molecule has 4 rings (SSSR count). The average molecular weight is 421 g/mol. The number of aryl methyl sites for hydroxylation is 1. The molecule has 3 N–H and O–H groups in total. The predicted molar refractivity (Wildman–Crippen MR) is 119 cm³/mol. The highest BCUT2D eigenvalue weighted by Crippen LogP contribution is 2.24. The van der Waals surface area contributed by atoms with Crippen LogP contribution in [0.15, 0.2) is 48.9 Å². The van der Waals surface area contributed by atoms with Gasteiger partial charge in [-0.2, -0.15) is 0 Å². The van der Waals surface area contributed by atoms with E-state index in [-0.39, 0.29) is 24.0 Å². The van der Waals surface area contributed by atoms with E-state index in [9.17, 15) is 9.90 Å². The second-order valence-electron chi connectivity index (χ2n) is 8.28. The molecular weight excluding hydrogens is 392 g/mol. The predicted octanol–water partition coefficient (Wildman–Crippen LogP) is 3.13. The van der Waals surface area contributed by atoms with Crippen LogP contribution < -0.4 is 10.6 Å². The number of nitrogens with one attached hydrogen (secondary N) is 2. The number of anilines is 2. The summed E-state index contributed by atoms with van der Waals surface area (Å²) in [5.74, 6) is 0.894. The molecule has 31 heavy (non-hydrogen) atoms. The van der Waals surface area contributed by atoms with Gasteiger partial charge in [0.2, 0.25) is 0 Å². The van der Waals surface area contributed by atoms with Gasteiger partial charge in [-0.1, -0.05) is 19.1 Å². The fourth-order valence-electron chi connectivity index (χ4n) is 3.97. The van der Waals surface area contributed by atoms with Crippen molar-refractivity contribution in [3.63, 3.8) is 0 Å². The second-order valence-corrected chi connectivity index (χ2v) is 8.28. The number of carbonyl (C=O) groups is 1. The number of pyridine rings is 1. The van der Waals surface area contributed by atoms with Gasteiger partial charge in [0, 0.05) is 37.1 Å². The normalized spacial score (nSPS) is 19.2. The van der Waals surface area contributed by atoms with E-state index in [1.807, 2.05) is 35.9 Å². The summed E-state index contributed by atoms with van der Waals surface area (Å²) in [6, 6.07) is 11.7. The fraction of sp³-hybridized carbons (Fsp3) is 0.391. The number of hydrogen-bond donors (Lipinski definition) is 3. The topological polar surface area (TPSA) is 105 Å². The zero-order valence-electron chi connectivity index (χ0n) is 17.8. The van der Waals surface area contributed by atoms with Crippen molar-refractivity contribution in [2.24, 2.45) is 7.05 Å². The number of carbonyl (C=O) groups excluding carboxylic acids is 1. The molecule has 1 fully saturated rings. The molecule has 0 radical (unpaired) electrons. The Bertz CT molecular complexity index is 1050. The molecule has 3 aromatic rings. The molecule has 3 atom stereocenters. The minimum atomic E-state index is -0.256. The Morgan fingerprint density at radius 3 is 2.87 bits per heavy atom. The number of rotatable bonds is 7. The first-order valence-electron chi connectivity index (χ1n) is 10.6. The van der Waals surface area contributed by atoms with E-state index < -0.39 is 0 Å². The number of amides is 1. The van der Waals surface area contributed by atoms with E-state index in [2.05, 4.69) is 38.8 Å². The highest BCUT2D eigenvalue weighted by atomic mass is 16.3. The Kier molecular flexibility index (Phi) is 6.27. The summed E-state index contributed by atoms with van der Waals surface area (Å²) in [5, 5.41) is 24.1. The van der Waals surface area contributed by atoms with Crippen molar-refractivity contribution in [2.75, 3.05) is 10.6 Å². The number of nitrogens with zero attached hydrogens (tertiary/aromatic N) is 4. The first kappa shape index (κ1) is 21.0. The summed E-state index contributed by atoms with van der Waals surface area (Å²) in [6.45, 7) is 2.13. The van der Waals surface area contributed by atoms with Gasteiger partial charge in [-0.15, -0.1) is 10.2 Å². The molecule has 1 aliphatic carbocycles. The number of aromatic nitrogens is 4. The maximum absolute atomic E-state index is 12.8. The lowest BCUT2D eigenvalue weighted by Crippen LogP contribution is -2.18. The molecule has 0 spiro atoms. The summed E-state index contributed by atoms with van der Waals surface area (Å²) in [5.41, 5.74) is 3.03. The van der Waals surface area contributed by atoms with E-state index in [1.165, 1.54) is 0 Å². The summed E-state index contributed by atoms with van der Waals surface area (Å²) >= 11 is 0. The van der Waals surface area contributed by atoms with Crippen LogP contribution in [0, 0.1) is 0 Å². The van der Waals surface area contributed by atoms with E-state index in [4.69, 9.17) is 0 Å². The van der Waals surface area contributed by atoms with Crippen LogP contribution in [0.3, 0.4) is 0 Å². The number of benzene rings is 1. The van der Waals surface area contributed by atoms with E-state index in [0.717, 1.165) is 48.4 Å². The Morgan fingerprint density at radius 1 is 1.26 bits per heavy atom. The highest BCUT2D eigenvalue weighted by Gasteiger charge is 2.22. The molecule has 8 nitrogen and oxygen atoms in total. The highest BCUT2D eigenvalue weighted by molar-refractivity contribution is 6.03. The molecule has 0 aliphatic heterocycles. The first-order chi connectivity index (χ1) is 15.0. The van der Waals surface area contributed by atoms with Crippen LogP contribution in [0.25, 0.3) is 0 Å². The summed E-state index contributed by atoms with van der Waals surface area (Å²) in [4.78, 5) is 17.0. The lowest BCUT2D eigenvalue weighted by molar-refractivity contribution is 0.102. The third-order valence-electron chi connectivity index (χ3n) is 5.78. The SMILES string of the molecule is C[C@H](Cc1nncn1C)c1cccc(NC(=O)c2cc(N[C@@H]3CC[C@H](O)C3)ccn2)c1. The van der Waals surface area contributed by atoms with Crippen LogP contribution in [0.2, 0.25) is 0 Å². The second kappa shape index (κ2) is 9.26. The standard InChI is InChI=1S/C23H28N6O2/c1-15(10-22-28-25-14-29(22)2)16-4-3-5-17(11-16)27-23(31)21-13-19(8-9-24-21)26-18-6-7-20(30)12-18/h3-5,8-9,11,13-15,18,20,30H,6-7,10,12H2,1-2H3,(H,24,26)(H,27,31)/t15-,18-,20+/m1/s1. The summed E-state index contributed by atoms with van der Waals surface area (Å²) in [6.07, 6.45) is 6.30. The van der Waals surface area contributed by atoms with Crippen molar-refractivity contribution >= 4 is 17.3 Å². The van der Waals surface area contributed by atoms with E-state index >= 15 is 0 Å². The van der Waals surface area contributed by atoms with Crippen LogP contribution in [-0.2, 0) is 13.5 Å². The summed E-state index contributed by atoms with van der Waals surface area (Å²) < 4.78 is 1.92. The van der Waals surface area contributed by atoms with E-state index in [0.29, 0.717) is 5.69 Å². The van der Waals surface area contributed by atoms with Gasteiger partial charge in [-0.25, -0.2) is 0 Å². The zero-order chi connectivity index (χ0) is 21.8. The quantitative estimate of drug-likeness (QED) is 0.542. The minimum absolute atomic E-state index is 0.223. The maximum atomic E-state index is 12.8. The lowest BCUT2D eigenvalue weighted by atomic mass is 9.97. The largest absolute Gasteiger partial charge is 0.393 e. The zero-order valence-corrected chi connectivity index (χ0v) is 17.8. The average Bonchev–Trinajstić information content (AvgIpc) is 3.36. The van der Waals surface area contributed by atoms with Crippen LogP contribution >= 0.6 is 0 Å². The van der Waals surface area contributed by atoms with E-state index in [1.54, 1.807) is 18.6 Å². The molecule has 1 saturated carbocycles. The van der Waals surface area contributed by atoms with Crippen molar-refractivity contribution in [1.82, 2.24) is 19.7 Å². The van der Waals surface area contributed by atoms with Gasteiger partial charge >= 0.3 is 0 Å². The van der Waals surface area contributed by atoms with Crippen molar-refractivity contribution in [3.8, 4) is 0 Å². The van der Waals surface area contributed by atoms with Crippen molar-refractivity contribution < 1.29 is 9.90 Å². The Labute approximate surface area is 181 Å². The molecule has 2 heterocycles. The van der Waals surface area contributed by atoms with Gasteiger partial charge in [0.15, 0.2) is 0 Å². The molecule has 8 heteroatoms. The third kappa shape index (κ3) is 5.27. The number of hydrogen-bond acceptors (Lipinski definition) is 6. The molecule has 2 aromatic heterocycles. The Morgan fingerprint density at radius 2 is 2.13 bits per heavy atom. The smallest absolute Gasteiger partial charge is 0.274 e. The van der Waals surface area contributed by atoms with Crippen LogP contribution in [-0.4, -0.2) is 42.9 Å². The number of aliphatic hydroxyl groups excluding tert-OH is 1. The van der Waals surface area contributed by atoms with Gasteiger partial charge in [-0.3, -0.25) is 9.78 Å². The van der Waals surface area contributed by atoms with Gasteiger partial charge in [0.25, 0.3) is 5.91 Å². The van der Waals surface area contributed by atoms with Gasteiger partial charge < -0.3 is 20.3 Å². The lowest BCUT2D eigenvalue weighted by Gasteiger charge is -2.15. The fourth-order valence-corrected chi connectivity index (χ4v) is 3.97. The molecule has 0 saturated heterocycles. The first-order valence-corrected chi connectivity index (χ1v) is 10.6. The third-order valence-corrected chi connectivity index (χ3v) is 5.78. The minimum Gasteiger partial charge on any atom is -0.393 e. The van der Waals surface area contributed by atoms with Crippen molar-refractivity contribution in [2.45, 2.75) is 50.7 Å². The molecule has 0 bridgehead atoms. The molecule has 1 amide bonds. The Balaban J connectivity index is 1.41. The van der Waals surface area contributed by atoms with Gasteiger partial charge in [0.05, 0.1) is 6.10 Å².